The van der Waals surface area contributed by atoms with Crippen LogP contribution >= 0.6 is 0 Å². The molecular weight excluding hydrogens is 268 g/mol. The normalized spacial score (nSPS) is 33.4. The molecular formula is C16H28N2O3. The molecule has 2 fully saturated rings. The van der Waals surface area contributed by atoms with E-state index in [-0.39, 0.29) is 29.9 Å². The SMILES string of the molecule is CC[C@@H]1CN(C(=O)C(C)C)CC[C@@H]1N[C@H]1C[C@H](C)OC1=O. The van der Waals surface area contributed by atoms with Crippen molar-refractivity contribution in [1.82, 2.24) is 10.2 Å². The molecule has 0 unspecified atom stereocenters. The van der Waals surface area contributed by atoms with Gasteiger partial charge < -0.3 is 15.0 Å². The standard InChI is InChI=1S/C16H28N2O3/c1-5-12-9-18(15(19)10(2)3)7-6-13(12)17-14-8-11(4)21-16(14)20/h10-14,17H,5-9H2,1-4H3/t11-,12+,13-,14-/m0/s1. The van der Waals surface area contributed by atoms with Gasteiger partial charge in [0.15, 0.2) is 0 Å². The highest BCUT2D eigenvalue weighted by Crippen LogP contribution is 2.24. The average Bonchev–Trinajstić information content (AvgIpc) is 2.76. The largest absolute Gasteiger partial charge is 0.461 e. The molecule has 0 bridgehead atoms. The fourth-order valence-corrected chi connectivity index (χ4v) is 3.38. The molecule has 0 aromatic carbocycles. The molecule has 2 aliphatic rings. The van der Waals surface area contributed by atoms with Crippen LogP contribution in [0.2, 0.25) is 0 Å². The van der Waals surface area contributed by atoms with Crippen LogP contribution in [0.25, 0.3) is 0 Å². The van der Waals surface area contributed by atoms with Crippen LogP contribution < -0.4 is 5.32 Å². The Labute approximate surface area is 127 Å². The average molecular weight is 296 g/mol. The number of likely N-dealkylation sites (tertiary alicyclic amines) is 1. The number of hydrogen-bond acceptors (Lipinski definition) is 4. The summed E-state index contributed by atoms with van der Waals surface area (Å²) >= 11 is 0. The zero-order chi connectivity index (χ0) is 15.6. The molecule has 0 saturated carbocycles. The molecule has 2 saturated heterocycles. The van der Waals surface area contributed by atoms with Gasteiger partial charge in [0.05, 0.1) is 0 Å². The van der Waals surface area contributed by atoms with Crippen molar-refractivity contribution in [2.24, 2.45) is 11.8 Å². The smallest absolute Gasteiger partial charge is 0.323 e. The molecule has 2 heterocycles. The first-order valence-electron chi connectivity index (χ1n) is 8.17. The number of rotatable bonds is 4. The summed E-state index contributed by atoms with van der Waals surface area (Å²) in [4.78, 5) is 25.9. The molecule has 120 valence electrons. The molecule has 0 aromatic heterocycles. The fourth-order valence-electron chi connectivity index (χ4n) is 3.38. The Morgan fingerprint density at radius 2 is 2.19 bits per heavy atom. The molecule has 5 nitrogen and oxygen atoms in total. The van der Waals surface area contributed by atoms with E-state index in [0.717, 1.165) is 32.4 Å². The van der Waals surface area contributed by atoms with Crippen LogP contribution in [-0.4, -0.2) is 48.1 Å². The Morgan fingerprint density at radius 3 is 2.71 bits per heavy atom. The predicted molar refractivity (Wildman–Crippen MR) is 80.7 cm³/mol. The Hall–Kier alpha value is -1.10. The van der Waals surface area contributed by atoms with E-state index in [1.165, 1.54) is 0 Å². The summed E-state index contributed by atoms with van der Waals surface area (Å²) in [6.07, 6.45) is 2.68. The molecule has 0 radical (unpaired) electrons. The maximum Gasteiger partial charge on any atom is 0.323 e. The minimum atomic E-state index is -0.175. The van der Waals surface area contributed by atoms with E-state index >= 15 is 0 Å². The molecule has 0 aliphatic carbocycles. The van der Waals surface area contributed by atoms with Crippen molar-refractivity contribution in [2.45, 2.75) is 65.1 Å². The highest BCUT2D eigenvalue weighted by molar-refractivity contribution is 5.78. The Balaban J connectivity index is 1.93. The zero-order valence-corrected chi connectivity index (χ0v) is 13.6. The number of hydrogen-bond donors (Lipinski definition) is 1. The van der Waals surface area contributed by atoms with Gasteiger partial charge in [0.1, 0.15) is 12.1 Å². The maximum atomic E-state index is 12.1. The lowest BCUT2D eigenvalue weighted by molar-refractivity contribution is -0.143. The molecule has 1 amide bonds. The molecule has 21 heavy (non-hydrogen) atoms. The van der Waals surface area contributed by atoms with Gasteiger partial charge in [0.2, 0.25) is 5.91 Å². The van der Waals surface area contributed by atoms with Gasteiger partial charge in [0.25, 0.3) is 0 Å². The number of cyclic esters (lactones) is 1. The quantitative estimate of drug-likeness (QED) is 0.800. The highest BCUT2D eigenvalue weighted by Gasteiger charge is 2.37. The van der Waals surface area contributed by atoms with E-state index in [9.17, 15) is 9.59 Å². The van der Waals surface area contributed by atoms with Crippen LogP contribution in [0, 0.1) is 11.8 Å². The third kappa shape index (κ3) is 3.76. The van der Waals surface area contributed by atoms with Crippen molar-refractivity contribution in [2.75, 3.05) is 13.1 Å². The number of piperidine rings is 1. The van der Waals surface area contributed by atoms with Gasteiger partial charge in [-0.15, -0.1) is 0 Å². The molecule has 0 aromatic rings. The van der Waals surface area contributed by atoms with Crippen LogP contribution in [0.1, 0.15) is 47.0 Å². The highest BCUT2D eigenvalue weighted by atomic mass is 16.6. The van der Waals surface area contributed by atoms with Crippen LogP contribution in [0.3, 0.4) is 0 Å². The lowest BCUT2D eigenvalue weighted by Gasteiger charge is -2.40. The molecule has 1 N–H and O–H groups in total. The summed E-state index contributed by atoms with van der Waals surface area (Å²) in [5.41, 5.74) is 0. The molecule has 2 aliphatic heterocycles. The van der Waals surface area contributed by atoms with Crippen molar-refractivity contribution in [1.29, 1.82) is 0 Å². The third-order valence-corrected chi connectivity index (χ3v) is 4.65. The predicted octanol–water partition coefficient (Wildman–Crippen LogP) is 1.56. The van der Waals surface area contributed by atoms with Gasteiger partial charge in [-0.1, -0.05) is 27.2 Å². The summed E-state index contributed by atoms with van der Waals surface area (Å²) in [5, 5.41) is 3.48. The van der Waals surface area contributed by atoms with E-state index in [1.807, 2.05) is 25.7 Å². The van der Waals surface area contributed by atoms with E-state index < -0.39 is 0 Å². The number of esters is 1. The first-order chi connectivity index (χ1) is 9.92. The molecule has 0 spiro atoms. The number of carbonyl (C=O) groups excluding carboxylic acids is 2. The number of amides is 1. The number of ether oxygens (including phenoxy) is 1. The van der Waals surface area contributed by atoms with E-state index in [1.54, 1.807) is 0 Å². The number of carbonyl (C=O) groups is 2. The second-order valence-electron chi connectivity index (χ2n) is 6.70. The first-order valence-corrected chi connectivity index (χ1v) is 8.17. The third-order valence-electron chi connectivity index (χ3n) is 4.65. The van der Waals surface area contributed by atoms with Gasteiger partial charge in [-0.25, -0.2) is 0 Å². The van der Waals surface area contributed by atoms with Gasteiger partial charge in [-0.2, -0.15) is 0 Å². The number of nitrogens with one attached hydrogen (secondary N) is 1. The molecule has 2 rings (SSSR count). The fraction of sp³-hybridized carbons (Fsp3) is 0.875. The van der Waals surface area contributed by atoms with Crippen molar-refractivity contribution in [3.63, 3.8) is 0 Å². The minimum absolute atomic E-state index is 0.0117. The minimum Gasteiger partial charge on any atom is -0.461 e. The summed E-state index contributed by atoms with van der Waals surface area (Å²) < 4.78 is 5.21. The first kappa shape index (κ1) is 16.3. The van der Waals surface area contributed by atoms with Gasteiger partial charge in [-0.05, 0) is 19.3 Å². The van der Waals surface area contributed by atoms with Gasteiger partial charge >= 0.3 is 5.97 Å². The zero-order valence-electron chi connectivity index (χ0n) is 13.6. The van der Waals surface area contributed by atoms with Crippen LogP contribution in [-0.2, 0) is 14.3 Å². The summed E-state index contributed by atoms with van der Waals surface area (Å²) in [5.74, 6) is 0.571. The van der Waals surface area contributed by atoms with Crippen LogP contribution in [0.15, 0.2) is 0 Å². The van der Waals surface area contributed by atoms with Crippen molar-refractivity contribution in [3.8, 4) is 0 Å². The summed E-state index contributed by atoms with van der Waals surface area (Å²) in [7, 11) is 0. The summed E-state index contributed by atoms with van der Waals surface area (Å²) in [6, 6.07) is 0.125. The van der Waals surface area contributed by atoms with Crippen LogP contribution in [0.5, 0.6) is 0 Å². The topological polar surface area (TPSA) is 58.6 Å². The van der Waals surface area contributed by atoms with Gasteiger partial charge in [-0.3, -0.25) is 9.59 Å². The lowest BCUT2D eigenvalue weighted by Crippen LogP contribution is -2.54. The second kappa shape index (κ2) is 6.77. The van der Waals surface area contributed by atoms with Crippen molar-refractivity contribution >= 4 is 11.9 Å². The Kier molecular flexibility index (Phi) is 5.25. The van der Waals surface area contributed by atoms with E-state index in [0.29, 0.717) is 12.0 Å². The lowest BCUT2D eigenvalue weighted by atomic mass is 9.88. The monoisotopic (exact) mass is 296 g/mol. The van der Waals surface area contributed by atoms with Crippen molar-refractivity contribution < 1.29 is 14.3 Å². The van der Waals surface area contributed by atoms with Crippen molar-refractivity contribution in [3.05, 3.63) is 0 Å². The molecule has 4 atom stereocenters. The maximum absolute atomic E-state index is 12.1. The van der Waals surface area contributed by atoms with Gasteiger partial charge in [0, 0.05) is 31.5 Å². The number of nitrogens with zero attached hydrogens (tertiary/aromatic N) is 1. The van der Waals surface area contributed by atoms with Crippen LogP contribution in [0.4, 0.5) is 0 Å². The summed E-state index contributed by atoms with van der Waals surface area (Å²) in [6.45, 7) is 9.55. The Morgan fingerprint density at radius 1 is 1.48 bits per heavy atom. The Bertz CT molecular complexity index is 397. The van der Waals surface area contributed by atoms with E-state index in [2.05, 4.69) is 12.2 Å². The molecule has 5 heteroatoms. The second-order valence-corrected chi connectivity index (χ2v) is 6.70. The van der Waals surface area contributed by atoms with E-state index in [4.69, 9.17) is 4.74 Å².